The number of alkyl carbamates (subject to hydrolysis) is 1. The fourth-order valence-electron chi connectivity index (χ4n) is 4.34. The zero-order valence-corrected chi connectivity index (χ0v) is 17.9. The lowest BCUT2D eigenvalue weighted by Crippen LogP contribution is -2.61. The number of benzene rings is 2. The van der Waals surface area contributed by atoms with Crippen molar-refractivity contribution in [1.82, 2.24) is 10.6 Å². The Morgan fingerprint density at radius 1 is 1.15 bits per heavy atom. The van der Waals surface area contributed by atoms with Gasteiger partial charge in [-0.15, -0.1) is 12.3 Å². The lowest BCUT2D eigenvalue weighted by atomic mass is 9.96. The smallest absolute Gasteiger partial charge is 0.408 e. The molecule has 33 heavy (non-hydrogen) atoms. The summed E-state index contributed by atoms with van der Waals surface area (Å²) in [7, 11) is 0. The molecule has 0 saturated carbocycles. The number of carbonyl (C=O) groups is 3. The van der Waals surface area contributed by atoms with Crippen molar-refractivity contribution in [1.29, 1.82) is 0 Å². The third kappa shape index (κ3) is 4.41. The highest BCUT2D eigenvalue weighted by Crippen LogP contribution is 2.44. The van der Waals surface area contributed by atoms with Crippen LogP contribution in [0, 0.1) is 12.3 Å². The number of carboxylic acid groups (broad SMARTS) is 1. The third-order valence-corrected chi connectivity index (χ3v) is 6.07. The fraction of sp³-hybridized carbons (Fsp3) is 0.320. The van der Waals surface area contributed by atoms with Gasteiger partial charge in [0.2, 0.25) is 5.91 Å². The molecular formula is C25H24N2O6. The van der Waals surface area contributed by atoms with Crippen LogP contribution in [0.4, 0.5) is 4.79 Å². The van der Waals surface area contributed by atoms with Gasteiger partial charge < -0.3 is 25.2 Å². The average molecular weight is 448 g/mol. The second-order valence-corrected chi connectivity index (χ2v) is 8.11. The van der Waals surface area contributed by atoms with Gasteiger partial charge in [0.05, 0.1) is 6.61 Å². The molecular weight excluding hydrogens is 424 g/mol. The van der Waals surface area contributed by atoms with E-state index < -0.39 is 29.6 Å². The van der Waals surface area contributed by atoms with Crippen molar-refractivity contribution in [3.8, 4) is 23.5 Å². The van der Waals surface area contributed by atoms with Crippen molar-refractivity contribution < 1.29 is 29.0 Å². The molecule has 2 unspecified atom stereocenters. The molecule has 2 atom stereocenters. The van der Waals surface area contributed by atoms with Gasteiger partial charge in [0.25, 0.3) is 0 Å². The van der Waals surface area contributed by atoms with Gasteiger partial charge in [0.1, 0.15) is 18.2 Å². The molecule has 0 aromatic heterocycles. The van der Waals surface area contributed by atoms with Crippen LogP contribution in [0.25, 0.3) is 11.1 Å². The zero-order valence-electron chi connectivity index (χ0n) is 17.9. The minimum Gasteiger partial charge on any atom is -0.480 e. The highest BCUT2D eigenvalue weighted by atomic mass is 16.6. The molecule has 2 aliphatic rings. The summed E-state index contributed by atoms with van der Waals surface area (Å²) >= 11 is 0. The Morgan fingerprint density at radius 3 is 2.33 bits per heavy atom. The Morgan fingerprint density at radius 2 is 1.79 bits per heavy atom. The first-order chi connectivity index (χ1) is 15.9. The molecule has 1 aliphatic carbocycles. The fourth-order valence-corrected chi connectivity index (χ4v) is 4.34. The maximum Gasteiger partial charge on any atom is 0.408 e. The van der Waals surface area contributed by atoms with Crippen LogP contribution in [0.1, 0.15) is 29.9 Å². The zero-order chi connectivity index (χ0) is 23.4. The number of rotatable bonds is 7. The van der Waals surface area contributed by atoms with E-state index in [1.54, 1.807) is 0 Å². The second kappa shape index (κ2) is 9.35. The van der Waals surface area contributed by atoms with Gasteiger partial charge in [0, 0.05) is 25.4 Å². The van der Waals surface area contributed by atoms with Crippen molar-refractivity contribution in [2.45, 2.75) is 30.3 Å². The van der Waals surface area contributed by atoms with Gasteiger partial charge in [-0.3, -0.25) is 4.79 Å². The van der Waals surface area contributed by atoms with Crippen LogP contribution in [0.2, 0.25) is 0 Å². The summed E-state index contributed by atoms with van der Waals surface area (Å²) in [4.78, 5) is 37.0. The van der Waals surface area contributed by atoms with Crippen LogP contribution in [0.3, 0.4) is 0 Å². The summed E-state index contributed by atoms with van der Waals surface area (Å²) < 4.78 is 10.9. The summed E-state index contributed by atoms with van der Waals surface area (Å²) in [5.41, 5.74) is 2.93. The molecule has 1 saturated heterocycles. The predicted molar refractivity (Wildman–Crippen MR) is 119 cm³/mol. The Labute approximate surface area is 191 Å². The van der Waals surface area contributed by atoms with Crippen molar-refractivity contribution in [3.05, 3.63) is 59.7 Å². The highest BCUT2D eigenvalue weighted by Gasteiger charge is 2.45. The van der Waals surface area contributed by atoms with E-state index in [9.17, 15) is 19.5 Å². The Balaban J connectivity index is 1.45. The molecule has 1 aliphatic heterocycles. The molecule has 1 heterocycles. The van der Waals surface area contributed by atoms with E-state index in [4.69, 9.17) is 15.9 Å². The standard InChI is InChI=1S/C25H24N2O6/c1-2-7-21(22(28)29)26-23(30)25(12-13-32-15-25)27-24(31)33-14-20-18-10-5-3-8-16(18)17-9-4-6-11-19(17)20/h1,3-6,8-11,20-21H,7,12-15H2,(H,26,30)(H,27,31)(H,28,29). The first-order valence-electron chi connectivity index (χ1n) is 10.6. The highest BCUT2D eigenvalue weighted by molar-refractivity contribution is 5.93. The summed E-state index contributed by atoms with van der Waals surface area (Å²) in [6.45, 7) is 0.239. The van der Waals surface area contributed by atoms with E-state index in [0.717, 1.165) is 22.3 Å². The predicted octanol–water partition coefficient (Wildman–Crippen LogP) is 2.28. The maximum absolute atomic E-state index is 12.9. The van der Waals surface area contributed by atoms with Crippen molar-refractivity contribution >= 4 is 18.0 Å². The van der Waals surface area contributed by atoms with Crippen LogP contribution in [0.5, 0.6) is 0 Å². The minimum absolute atomic E-state index is 0.0905. The first-order valence-corrected chi connectivity index (χ1v) is 10.6. The number of hydrogen-bond acceptors (Lipinski definition) is 5. The summed E-state index contributed by atoms with van der Waals surface area (Å²) in [5, 5.41) is 14.3. The van der Waals surface area contributed by atoms with E-state index in [0.29, 0.717) is 0 Å². The topological polar surface area (TPSA) is 114 Å². The van der Waals surface area contributed by atoms with Crippen molar-refractivity contribution in [2.75, 3.05) is 19.8 Å². The number of carboxylic acids is 1. The first kappa shape index (κ1) is 22.4. The number of terminal acetylenes is 1. The van der Waals surface area contributed by atoms with Gasteiger partial charge in [0.15, 0.2) is 0 Å². The number of aliphatic carboxylic acids is 1. The van der Waals surface area contributed by atoms with Crippen LogP contribution in [-0.2, 0) is 19.1 Å². The number of ether oxygens (including phenoxy) is 2. The van der Waals surface area contributed by atoms with Gasteiger partial charge >= 0.3 is 12.1 Å². The van der Waals surface area contributed by atoms with E-state index in [2.05, 4.69) is 16.6 Å². The molecule has 8 nitrogen and oxygen atoms in total. The molecule has 2 aromatic carbocycles. The van der Waals surface area contributed by atoms with Crippen LogP contribution >= 0.6 is 0 Å². The number of fused-ring (bicyclic) bond motifs is 3. The molecule has 8 heteroatoms. The minimum atomic E-state index is -1.43. The molecule has 4 rings (SSSR count). The molecule has 0 radical (unpaired) electrons. The van der Waals surface area contributed by atoms with Gasteiger partial charge in [-0.1, -0.05) is 48.5 Å². The third-order valence-electron chi connectivity index (χ3n) is 6.07. The van der Waals surface area contributed by atoms with Crippen LogP contribution < -0.4 is 10.6 Å². The Bertz CT molecular complexity index is 1070. The van der Waals surface area contributed by atoms with Gasteiger partial charge in [-0.2, -0.15) is 0 Å². The largest absolute Gasteiger partial charge is 0.480 e. The van der Waals surface area contributed by atoms with E-state index >= 15 is 0 Å². The summed E-state index contributed by atoms with van der Waals surface area (Å²) in [5.74, 6) is 0.179. The Hall–Kier alpha value is -3.83. The SMILES string of the molecule is C#CCC(NC(=O)C1(NC(=O)OCC2c3ccccc3-c3ccccc32)CCOC1)C(=O)O. The quantitative estimate of drug-likeness (QED) is 0.560. The van der Waals surface area contributed by atoms with Gasteiger partial charge in [-0.25, -0.2) is 9.59 Å². The van der Waals surface area contributed by atoms with Crippen LogP contribution in [-0.4, -0.2) is 54.5 Å². The van der Waals surface area contributed by atoms with Crippen molar-refractivity contribution in [3.63, 3.8) is 0 Å². The summed E-state index contributed by atoms with van der Waals surface area (Å²) in [6.07, 6.45) is 4.43. The molecule has 2 aromatic rings. The number of carbonyl (C=O) groups excluding carboxylic acids is 2. The monoisotopic (exact) mass is 448 g/mol. The van der Waals surface area contributed by atoms with E-state index in [-0.39, 0.29) is 38.6 Å². The van der Waals surface area contributed by atoms with E-state index in [1.165, 1.54) is 0 Å². The lowest BCUT2D eigenvalue weighted by Gasteiger charge is -2.28. The molecule has 3 N–H and O–H groups in total. The number of hydrogen-bond donors (Lipinski definition) is 3. The van der Waals surface area contributed by atoms with Gasteiger partial charge in [-0.05, 0) is 22.3 Å². The number of nitrogens with one attached hydrogen (secondary N) is 2. The second-order valence-electron chi connectivity index (χ2n) is 8.11. The molecule has 170 valence electrons. The number of amides is 2. The normalized spacial score (nSPS) is 19.6. The maximum atomic E-state index is 12.9. The molecule has 1 fully saturated rings. The molecule has 2 amide bonds. The van der Waals surface area contributed by atoms with E-state index in [1.807, 2.05) is 48.5 Å². The summed E-state index contributed by atoms with van der Waals surface area (Å²) in [6, 6.07) is 14.7. The van der Waals surface area contributed by atoms with Crippen molar-refractivity contribution in [2.24, 2.45) is 0 Å². The Kier molecular flexibility index (Phi) is 6.33. The average Bonchev–Trinajstić information content (AvgIpc) is 3.41. The lowest BCUT2D eigenvalue weighted by molar-refractivity contribution is -0.142. The molecule has 0 bridgehead atoms. The molecule has 0 spiro atoms. The van der Waals surface area contributed by atoms with Crippen LogP contribution in [0.15, 0.2) is 48.5 Å².